The summed E-state index contributed by atoms with van der Waals surface area (Å²) >= 11 is 0. The van der Waals surface area contributed by atoms with Crippen LogP contribution in [0.2, 0.25) is 0 Å². The summed E-state index contributed by atoms with van der Waals surface area (Å²) in [6.45, 7) is 5.18. The van der Waals surface area contributed by atoms with Crippen molar-refractivity contribution in [2.24, 2.45) is 0 Å². The zero-order valence-corrected chi connectivity index (χ0v) is 13.5. The van der Waals surface area contributed by atoms with Crippen LogP contribution in [0, 0.1) is 0 Å². The van der Waals surface area contributed by atoms with E-state index in [4.69, 9.17) is 4.74 Å². The molecule has 0 bridgehead atoms. The first-order chi connectivity index (χ1) is 10.5. The minimum Gasteiger partial charge on any atom is -0.451 e. The molecule has 1 saturated heterocycles. The number of esters is 1. The number of piperazine rings is 1. The van der Waals surface area contributed by atoms with Gasteiger partial charge in [0.2, 0.25) is 0 Å². The average Bonchev–Trinajstić information content (AvgIpc) is 2.73. The molecular formula is C16H25N3O3. The Kier molecular flexibility index (Phi) is 4.23. The van der Waals surface area contributed by atoms with Gasteiger partial charge in [0, 0.05) is 31.8 Å². The largest absolute Gasteiger partial charge is 0.451 e. The lowest BCUT2D eigenvalue weighted by atomic mass is 9.78. The Morgan fingerprint density at radius 2 is 1.77 bits per heavy atom. The maximum absolute atomic E-state index is 12.8. The molecule has 1 spiro atoms. The lowest BCUT2D eigenvalue weighted by molar-refractivity contribution is -0.149. The average molecular weight is 307 g/mol. The molecule has 2 fully saturated rings. The predicted molar refractivity (Wildman–Crippen MR) is 81.8 cm³/mol. The fourth-order valence-electron chi connectivity index (χ4n) is 3.72. The number of ether oxygens (including phenoxy) is 1. The number of hydrogen-bond donors (Lipinski definition) is 1. The number of amides is 1. The van der Waals surface area contributed by atoms with Crippen LogP contribution in [0.5, 0.6) is 0 Å². The standard InChI is InChI=1S/C16H25N3O3/c1-12-13(14(20)17-19-10-8-18(2)9-11-19)16(22-15(12)21)6-4-3-5-7-16/h3-11H2,1-2H3,(H,17,20). The summed E-state index contributed by atoms with van der Waals surface area (Å²) in [5.74, 6) is -0.486. The number of carbonyl (C=O) groups is 2. The number of carbonyl (C=O) groups excluding carboxylic acids is 2. The molecule has 122 valence electrons. The highest BCUT2D eigenvalue weighted by molar-refractivity contribution is 6.07. The Bertz CT molecular complexity index is 501. The molecule has 1 saturated carbocycles. The molecule has 0 aromatic rings. The SMILES string of the molecule is CC1=C(C(=O)NN2CCN(C)CC2)C2(CCCCC2)OC1=O. The number of nitrogens with one attached hydrogen (secondary N) is 1. The van der Waals surface area contributed by atoms with E-state index in [0.29, 0.717) is 11.1 Å². The maximum Gasteiger partial charge on any atom is 0.335 e. The number of hydrogen-bond acceptors (Lipinski definition) is 5. The monoisotopic (exact) mass is 307 g/mol. The number of likely N-dealkylation sites (N-methyl/N-ethyl adjacent to an activating group) is 1. The molecule has 1 amide bonds. The van der Waals surface area contributed by atoms with Crippen LogP contribution in [0.4, 0.5) is 0 Å². The Hall–Kier alpha value is -1.40. The van der Waals surface area contributed by atoms with Crippen LogP contribution >= 0.6 is 0 Å². The third kappa shape index (κ3) is 2.77. The molecule has 1 N–H and O–H groups in total. The van der Waals surface area contributed by atoms with Crippen LogP contribution in [-0.2, 0) is 14.3 Å². The Morgan fingerprint density at radius 3 is 2.41 bits per heavy atom. The van der Waals surface area contributed by atoms with Gasteiger partial charge in [-0.2, -0.15) is 0 Å². The smallest absolute Gasteiger partial charge is 0.335 e. The van der Waals surface area contributed by atoms with Crippen molar-refractivity contribution in [3.05, 3.63) is 11.1 Å². The van der Waals surface area contributed by atoms with Gasteiger partial charge < -0.3 is 9.64 Å². The van der Waals surface area contributed by atoms with Crippen LogP contribution in [0.1, 0.15) is 39.0 Å². The first-order valence-corrected chi connectivity index (χ1v) is 8.21. The third-order valence-electron chi connectivity index (χ3n) is 5.08. The normalized spacial score (nSPS) is 26.4. The van der Waals surface area contributed by atoms with E-state index in [1.54, 1.807) is 6.92 Å². The summed E-state index contributed by atoms with van der Waals surface area (Å²) in [5, 5.41) is 1.95. The molecule has 2 aliphatic heterocycles. The van der Waals surface area contributed by atoms with Crippen molar-refractivity contribution in [1.82, 2.24) is 15.3 Å². The highest BCUT2D eigenvalue weighted by atomic mass is 16.6. The highest BCUT2D eigenvalue weighted by Crippen LogP contribution is 2.43. The fourth-order valence-corrected chi connectivity index (χ4v) is 3.72. The summed E-state index contributed by atoms with van der Waals surface area (Å²) in [6, 6.07) is 0. The summed E-state index contributed by atoms with van der Waals surface area (Å²) in [7, 11) is 2.08. The molecule has 2 heterocycles. The van der Waals surface area contributed by atoms with Crippen molar-refractivity contribution in [3.63, 3.8) is 0 Å². The van der Waals surface area contributed by atoms with Gasteiger partial charge in [-0.3, -0.25) is 10.2 Å². The van der Waals surface area contributed by atoms with Gasteiger partial charge in [-0.15, -0.1) is 0 Å². The van der Waals surface area contributed by atoms with Crippen LogP contribution in [-0.4, -0.2) is 60.6 Å². The maximum atomic E-state index is 12.8. The van der Waals surface area contributed by atoms with E-state index in [1.807, 2.05) is 5.01 Å². The van der Waals surface area contributed by atoms with Gasteiger partial charge in [-0.1, -0.05) is 6.42 Å². The topological polar surface area (TPSA) is 61.9 Å². The number of hydrazine groups is 1. The van der Waals surface area contributed by atoms with Gasteiger partial charge >= 0.3 is 5.97 Å². The van der Waals surface area contributed by atoms with Crippen molar-refractivity contribution in [2.75, 3.05) is 33.2 Å². The minimum atomic E-state index is -0.671. The van der Waals surface area contributed by atoms with Crippen LogP contribution < -0.4 is 5.43 Å². The van der Waals surface area contributed by atoms with E-state index >= 15 is 0 Å². The van der Waals surface area contributed by atoms with Gasteiger partial charge in [0.25, 0.3) is 5.91 Å². The van der Waals surface area contributed by atoms with Crippen LogP contribution in [0.15, 0.2) is 11.1 Å². The predicted octanol–water partition coefficient (Wildman–Crippen LogP) is 0.841. The minimum absolute atomic E-state index is 0.158. The molecule has 1 aliphatic carbocycles. The molecule has 6 heteroatoms. The third-order valence-corrected chi connectivity index (χ3v) is 5.08. The molecule has 3 rings (SSSR count). The van der Waals surface area contributed by atoms with Gasteiger partial charge in [-0.05, 0) is 39.7 Å². The second-order valence-electron chi connectivity index (χ2n) is 6.68. The molecule has 0 aromatic carbocycles. The molecule has 0 radical (unpaired) electrons. The Balaban J connectivity index is 1.75. The van der Waals surface area contributed by atoms with Crippen molar-refractivity contribution >= 4 is 11.9 Å². The lowest BCUT2D eigenvalue weighted by Gasteiger charge is -2.36. The van der Waals surface area contributed by atoms with E-state index in [1.165, 1.54) is 0 Å². The lowest BCUT2D eigenvalue weighted by Crippen LogP contribution is -2.54. The summed E-state index contributed by atoms with van der Waals surface area (Å²) in [5.41, 5.74) is 3.36. The first-order valence-electron chi connectivity index (χ1n) is 8.21. The van der Waals surface area contributed by atoms with E-state index in [-0.39, 0.29) is 11.9 Å². The zero-order valence-electron chi connectivity index (χ0n) is 13.5. The molecular weight excluding hydrogens is 282 g/mol. The zero-order chi connectivity index (χ0) is 15.7. The van der Waals surface area contributed by atoms with E-state index in [2.05, 4.69) is 17.4 Å². The second-order valence-corrected chi connectivity index (χ2v) is 6.68. The molecule has 0 atom stereocenters. The van der Waals surface area contributed by atoms with Crippen LogP contribution in [0.25, 0.3) is 0 Å². The van der Waals surface area contributed by atoms with Gasteiger partial charge in [-0.25, -0.2) is 9.80 Å². The van der Waals surface area contributed by atoms with E-state index < -0.39 is 5.60 Å². The van der Waals surface area contributed by atoms with Gasteiger partial charge in [0.05, 0.1) is 5.57 Å². The van der Waals surface area contributed by atoms with Crippen molar-refractivity contribution < 1.29 is 14.3 Å². The van der Waals surface area contributed by atoms with Crippen molar-refractivity contribution in [1.29, 1.82) is 0 Å². The highest BCUT2D eigenvalue weighted by Gasteiger charge is 2.49. The van der Waals surface area contributed by atoms with Gasteiger partial charge in [0.15, 0.2) is 0 Å². The van der Waals surface area contributed by atoms with Crippen LogP contribution in [0.3, 0.4) is 0 Å². The summed E-state index contributed by atoms with van der Waals surface area (Å²) in [6.07, 6.45) is 4.69. The molecule has 0 aromatic heterocycles. The van der Waals surface area contributed by atoms with E-state index in [0.717, 1.165) is 58.3 Å². The molecule has 6 nitrogen and oxygen atoms in total. The quantitative estimate of drug-likeness (QED) is 0.766. The first kappa shape index (κ1) is 15.5. The second kappa shape index (κ2) is 6.01. The van der Waals surface area contributed by atoms with Crippen molar-refractivity contribution in [2.45, 2.75) is 44.6 Å². The fraction of sp³-hybridized carbons (Fsp3) is 0.750. The molecule has 3 aliphatic rings. The van der Waals surface area contributed by atoms with E-state index in [9.17, 15) is 9.59 Å². The Morgan fingerprint density at radius 1 is 1.14 bits per heavy atom. The van der Waals surface area contributed by atoms with Gasteiger partial charge in [0.1, 0.15) is 5.60 Å². The Labute approximate surface area is 131 Å². The molecule has 22 heavy (non-hydrogen) atoms. The summed E-state index contributed by atoms with van der Waals surface area (Å²) in [4.78, 5) is 27.0. The van der Waals surface area contributed by atoms with Crippen molar-refractivity contribution in [3.8, 4) is 0 Å². The molecule has 0 unspecified atom stereocenters. The summed E-state index contributed by atoms with van der Waals surface area (Å²) < 4.78 is 5.64. The number of nitrogens with zero attached hydrogens (tertiary/aromatic N) is 2. The number of rotatable bonds is 2.